The molecule has 2 atom stereocenters. The maximum atomic E-state index is 6.19. The van der Waals surface area contributed by atoms with E-state index < -0.39 is 0 Å². The Balaban J connectivity index is 1.52. The molecule has 2 unspecified atom stereocenters. The van der Waals surface area contributed by atoms with E-state index in [-0.39, 0.29) is 12.0 Å². The molecule has 1 aromatic heterocycles. The van der Waals surface area contributed by atoms with E-state index in [2.05, 4.69) is 29.3 Å². The molecule has 6 heteroatoms. The average Bonchev–Trinajstić information content (AvgIpc) is 3.57. The highest BCUT2D eigenvalue weighted by Gasteiger charge is 2.28. The number of methoxy groups -OCH3 is 2. The van der Waals surface area contributed by atoms with Crippen LogP contribution in [0.1, 0.15) is 22.7 Å². The zero-order valence-electron chi connectivity index (χ0n) is 19.7. The van der Waals surface area contributed by atoms with Gasteiger partial charge in [-0.25, -0.2) is 0 Å². The number of nitrogens with zero attached hydrogens (tertiary/aromatic N) is 1. The Morgan fingerprint density at radius 1 is 0.771 bits per heavy atom. The van der Waals surface area contributed by atoms with Gasteiger partial charge in [-0.2, -0.15) is 0 Å². The molecule has 0 bridgehead atoms. The molecule has 5 N–H and O–H groups in total. The van der Waals surface area contributed by atoms with Crippen LogP contribution in [0.5, 0.6) is 11.5 Å². The van der Waals surface area contributed by atoms with Gasteiger partial charge in [-0.05, 0) is 95.6 Å². The van der Waals surface area contributed by atoms with Crippen LogP contribution in [0.4, 0.5) is 11.4 Å². The molecule has 1 aliphatic rings. The van der Waals surface area contributed by atoms with Crippen molar-refractivity contribution in [2.45, 2.75) is 12.0 Å². The predicted octanol–water partition coefficient (Wildman–Crippen LogP) is 5.42. The summed E-state index contributed by atoms with van der Waals surface area (Å²) in [5.41, 5.74) is 19.5. The van der Waals surface area contributed by atoms with Crippen molar-refractivity contribution in [2.24, 2.45) is 4.99 Å². The first-order chi connectivity index (χ1) is 17.1. The zero-order valence-corrected chi connectivity index (χ0v) is 19.7. The lowest BCUT2D eigenvalue weighted by Gasteiger charge is -2.21. The molecule has 1 aliphatic heterocycles. The molecule has 2 heterocycles. The van der Waals surface area contributed by atoms with Crippen LogP contribution in [0.2, 0.25) is 0 Å². The molecule has 4 aromatic rings. The standard InChI is InChI=1S/C29H28N4O2/c1-34-21-8-3-18(4-9-21)25-13-15-27(32-25)29(20-7-12-23(30)24(31)17-20)28-16-14-26(33-28)19-5-10-22(35-2)11-6-19/h3-17,27,29,33H,30-31H2,1-2H3. The van der Waals surface area contributed by atoms with Crippen LogP contribution >= 0.6 is 0 Å². The summed E-state index contributed by atoms with van der Waals surface area (Å²) in [6, 6.07) is 25.9. The second-order valence-electron chi connectivity index (χ2n) is 8.51. The number of aliphatic imine (C=N–C) groups is 1. The molecule has 176 valence electrons. The molecule has 6 nitrogen and oxygen atoms in total. The lowest BCUT2D eigenvalue weighted by molar-refractivity contribution is 0.414. The summed E-state index contributed by atoms with van der Waals surface area (Å²) in [7, 11) is 3.33. The second-order valence-corrected chi connectivity index (χ2v) is 8.51. The van der Waals surface area contributed by atoms with Crippen molar-refractivity contribution in [3.05, 3.63) is 108 Å². The van der Waals surface area contributed by atoms with Gasteiger partial charge in [-0.1, -0.05) is 12.1 Å². The fourth-order valence-electron chi connectivity index (χ4n) is 4.43. The minimum Gasteiger partial charge on any atom is -0.497 e. The van der Waals surface area contributed by atoms with Gasteiger partial charge in [-0.3, -0.25) is 4.99 Å². The van der Waals surface area contributed by atoms with Gasteiger partial charge in [0, 0.05) is 11.4 Å². The third-order valence-electron chi connectivity index (χ3n) is 6.38. The number of anilines is 2. The topological polar surface area (TPSA) is 98.7 Å². The number of ether oxygens (including phenoxy) is 2. The number of hydrogen-bond acceptors (Lipinski definition) is 5. The third-order valence-corrected chi connectivity index (χ3v) is 6.38. The molecule has 0 aliphatic carbocycles. The SMILES string of the molecule is COc1ccc(C2=NC(C(c3ccc(N)c(N)c3)c3ccc(-c4ccc(OC)cc4)[nH]3)C=C2)cc1. The zero-order chi connectivity index (χ0) is 24.4. The maximum absolute atomic E-state index is 6.19. The highest BCUT2D eigenvalue weighted by molar-refractivity contribution is 6.10. The summed E-state index contributed by atoms with van der Waals surface area (Å²) in [6.45, 7) is 0. The van der Waals surface area contributed by atoms with E-state index in [9.17, 15) is 0 Å². The Morgan fingerprint density at radius 3 is 2.06 bits per heavy atom. The van der Waals surface area contributed by atoms with E-state index in [0.29, 0.717) is 11.4 Å². The second kappa shape index (κ2) is 9.43. The summed E-state index contributed by atoms with van der Waals surface area (Å²) in [5.74, 6) is 1.59. The van der Waals surface area contributed by atoms with E-state index in [0.717, 1.165) is 45.3 Å². The number of nitrogens with one attached hydrogen (secondary N) is 1. The van der Waals surface area contributed by atoms with Crippen LogP contribution in [0.25, 0.3) is 11.3 Å². The van der Waals surface area contributed by atoms with Gasteiger partial charge in [0.25, 0.3) is 0 Å². The fourth-order valence-corrected chi connectivity index (χ4v) is 4.43. The lowest BCUT2D eigenvalue weighted by atomic mass is 9.88. The summed E-state index contributed by atoms with van der Waals surface area (Å²) in [4.78, 5) is 8.69. The Hall–Kier alpha value is -4.45. The minimum atomic E-state index is -0.0995. The molecule has 0 radical (unpaired) electrons. The van der Waals surface area contributed by atoms with Crippen molar-refractivity contribution in [3.63, 3.8) is 0 Å². The summed E-state index contributed by atoms with van der Waals surface area (Å²) < 4.78 is 10.6. The van der Waals surface area contributed by atoms with Crippen LogP contribution in [0.15, 0.2) is 96.0 Å². The Labute approximate surface area is 204 Å². The Kier molecular flexibility index (Phi) is 6.02. The minimum absolute atomic E-state index is 0.0584. The number of benzene rings is 3. The number of rotatable bonds is 7. The molecule has 35 heavy (non-hydrogen) atoms. The first-order valence-electron chi connectivity index (χ1n) is 11.4. The molecule has 0 saturated heterocycles. The quantitative estimate of drug-likeness (QED) is 0.318. The van der Waals surface area contributed by atoms with Crippen LogP contribution in [0, 0.1) is 0 Å². The van der Waals surface area contributed by atoms with Crippen molar-refractivity contribution < 1.29 is 9.47 Å². The average molecular weight is 465 g/mol. The van der Waals surface area contributed by atoms with Crippen molar-refractivity contribution >= 4 is 17.1 Å². The molecule has 5 rings (SSSR count). The number of aromatic amines is 1. The number of nitrogens with two attached hydrogens (primary N) is 2. The number of hydrogen-bond donors (Lipinski definition) is 3. The van der Waals surface area contributed by atoms with E-state index in [1.165, 1.54) is 0 Å². The van der Waals surface area contributed by atoms with Crippen LogP contribution < -0.4 is 20.9 Å². The lowest BCUT2D eigenvalue weighted by Crippen LogP contribution is -2.16. The van der Waals surface area contributed by atoms with Gasteiger partial charge < -0.3 is 25.9 Å². The normalized spacial score (nSPS) is 15.6. The van der Waals surface area contributed by atoms with Crippen molar-refractivity contribution in [1.29, 1.82) is 0 Å². The first-order valence-corrected chi connectivity index (χ1v) is 11.4. The molecule has 0 fully saturated rings. The number of H-pyrrole nitrogens is 1. The summed E-state index contributed by atoms with van der Waals surface area (Å²) >= 11 is 0. The van der Waals surface area contributed by atoms with Crippen LogP contribution in [0.3, 0.4) is 0 Å². The highest BCUT2D eigenvalue weighted by Crippen LogP contribution is 2.36. The monoisotopic (exact) mass is 464 g/mol. The molecule has 0 saturated carbocycles. The highest BCUT2D eigenvalue weighted by atomic mass is 16.5. The number of nitrogen functional groups attached to an aromatic ring is 2. The molecule has 3 aromatic carbocycles. The van der Waals surface area contributed by atoms with E-state index in [1.54, 1.807) is 14.2 Å². The number of allylic oxidation sites excluding steroid dienone is 1. The molecular weight excluding hydrogens is 436 g/mol. The van der Waals surface area contributed by atoms with Crippen molar-refractivity contribution in [1.82, 2.24) is 4.98 Å². The predicted molar refractivity (Wildman–Crippen MR) is 142 cm³/mol. The van der Waals surface area contributed by atoms with E-state index in [4.69, 9.17) is 25.9 Å². The largest absolute Gasteiger partial charge is 0.497 e. The van der Waals surface area contributed by atoms with E-state index >= 15 is 0 Å². The maximum Gasteiger partial charge on any atom is 0.118 e. The fraction of sp³-hybridized carbons (Fsp3) is 0.138. The van der Waals surface area contributed by atoms with Crippen molar-refractivity contribution in [2.75, 3.05) is 25.7 Å². The van der Waals surface area contributed by atoms with Gasteiger partial charge in [-0.15, -0.1) is 0 Å². The Bertz CT molecular complexity index is 1390. The van der Waals surface area contributed by atoms with Crippen LogP contribution in [-0.2, 0) is 0 Å². The molecule has 0 amide bonds. The molecular formula is C29H28N4O2. The van der Waals surface area contributed by atoms with Crippen LogP contribution in [-0.4, -0.2) is 31.0 Å². The third kappa shape index (κ3) is 4.51. The van der Waals surface area contributed by atoms with Gasteiger partial charge in [0.15, 0.2) is 0 Å². The van der Waals surface area contributed by atoms with Crippen molar-refractivity contribution in [3.8, 4) is 22.8 Å². The molecule has 0 spiro atoms. The van der Waals surface area contributed by atoms with E-state index in [1.807, 2.05) is 66.7 Å². The van der Waals surface area contributed by atoms with Gasteiger partial charge in [0.2, 0.25) is 0 Å². The van der Waals surface area contributed by atoms with Gasteiger partial charge in [0.1, 0.15) is 11.5 Å². The number of aromatic nitrogens is 1. The first kappa shape index (κ1) is 22.3. The smallest absolute Gasteiger partial charge is 0.118 e. The van der Waals surface area contributed by atoms with Gasteiger partial charge >= 0.3 is 0 Å². The Morgan fingerprint density at radius 2 is 1.43 bits per heavy atom. The van der Waals surface area contributed by atoms with Gasteiger partial charge in [0.05, 0.1) is 43.3 Å². The summed E-state index contributed by atoms with van der Waals surface area (Å²) in [5, 5.41) is 0. The summed E-state index contributed by atoms with van der Waals surface area (Å²) in [6.07, 6.45) is 4.22.